The number of hydrogen-bond acceptors (Lipinski definition) is 7. The van der Waals surface area contributed by atoms with E-state index in [2.05, 4.69) is 34.4 Å². The molecule has 6 rings (SSSR count). The van der Waals surface area contributed by atoms with Gasteiger partial charge in [-0.1, -0.05) is 12.1 Å². The summed E-state index contributed by atoms with van der Waals surface area (Å²) in [5.41, 5.74) is 13.2. The van der Waals surface area contributed by atoms with Crippen LogP contribution < -0.4 is 22.5 Å². The Balaban J connectivity index is 0.00000387. The molecule has 1 aromatic carbocycles. The minimum atomic E-state index is -0.946. The molecule has 224 valence electrons. The van der Waals surface area contributed by atoms with E-state index < -0.39 is 11.2 Å². The number of piperazine rings is 1. The van der Waals surface area contributed by atoms with Crippen molar-refractivity contribution in [3.63, 3.8) is 0 Å². The number of hydrogen-bond donors (Lipinski definition) is 3. The molecule has 2 aromatic rings. The summed E-state index contributed by atoms with van der Waals surface area (Å²) in [6.45, 7) is 5.76. The highest BCUT2D eigenvalue weighted by Crippen LogP contribution is 2.48. The van der Waals surface area contributed by atoms with E-state index in [9.17, 15) is 14.4 Å². The maximum atomic E-state index is 12.8. The number of aromatic nitrogens is 2. The Bertz CT molecular complexity index is 1290. The number of amides is 3. The summed E-state index contributed by atoms with van der Waals surface area (Å²) in [6.07, 6.45) is 8.41. The molecule has 3 aliphatic carbocycles. The molecule has 1 saturated heterocycles. The van der Waals surface area contributed by atoms with E-state index in [4.69, 9.17) is 11.5 Å². The van der Waals surface area contributed by atoms with Crippen molar-refractivity contribution in [2.45, 2.75) is 75.5 Å². The average Bonchev–Trinajstić information content (AvgIpc) is 2.93. The maximum Gasteiger partial charge on any atom is 0.354 e. The second-order valence-electron chi connectivity index (χ2n) is 12.5. The van der Waals surface area contributed by atoms with Crippen molar-refractivity contribution < 1.29 is 9.59 Å². The molecular weight excluding hydrogens is 544 g/mol. The normalized spacial score (nSPS) is 24.2. The van der Waals surface area contributed by atoms with Crippen molar-refractivity contribution in [3.8, 4) is 5.69 Å². The Morgan fingerprint density at radius 1 is 0.976 bits per heavy atom. The molecule has 5 N–H and O–H groups in total. The second-order valence-corrected chi connectivity index (χ2v) is 12.5. The zero-order chi connectivity index (χ0) is 28.7. The van der Waals surface area contributed by atoms with Crippen LogP contribution in [-0.2, 0) is 11.3 Å². The number of benzene rings is 1. The SMILES string of the molecule is CN(Cc1ccc(-n2ccc(NC(=O)N3CCN(C(=O)C(C)(C)N)CC3)nc2=O)cc1)C12CCC(N)(CC1)CC2.Cl. The number of fused-ring (bicyclic) bond motifs is 3. The van der Waals surface area contributed by atoms with Crippen LogP contribution in [0.25, 0.3) is 5.69 Å². The third-order valence-electron chi connectivity index (χ3n) is 9.15. The lowest BCUT2D eigenvalue weighted by molar-refractivity contribution is -0.137. The lowest BCUT2D eigenvalue weighted by Crippen LogP contribution is -2.60. The largest absolute Gasteiger partial charge is 0.354 e. The number of halogens is 1. The smallest absolute Gasteiger partial charge is 0.338 e. The fourth-order valence-corrected chi connectivity index (χ4v) is 6.35. The van der Waals surface area contributed by atoms with E-state index in [-0.39, 0.29) is 41.2 Å². The quantitative estimate of drug-likeness (QED) is 0.471. The first kappa shape index (κ1) is 31.0. The van der Waals surface area contributed by atoms with Crippen LogP contribution in [0, 0.1) is 0 Å². The van der Waals surface area contributed by atoms with Crippen molar-refractivity contribution in [2.24, 2.45) is 11.5 Å². The van der Waals surface area contributed by atoms with Crippen LogP contribution in [0.4, 0.5) is 10.6 Å². The number of carbonyl (C=O) groups excluding carboxylic acids is 2. The lowest BCUT2D eigenvalue weighted by atomic mass is 9.61. The first-order chi connectivity index (χ1) is 18.9. The second kappa shape index (κ2) is 11.7. The Labute approximate surface area is 247 Å². The van der Waals surface area contributed by atoms with Gasteiger partial charge < -0.3 is 21.3 Å². The number of nitrogens with zero attached hydrogens (tertiary/aromatic N) is 5. The Kier molecular flexibility index (Phi) is 8.84. The molecule has 0 radical (unpaired) electrons. The van der Waals surface area contributed by atoms with Crippen LogP contribution in [0.15, 0.2) is 41.3 Å². The van der Waals surface area contributed by atoms with Crippen molar-refractivity contribution in [1.29, 1.82) is 0 Å². The Morgan fingerprint density at radius 2 is 1.54 bits per heavy atom. The van der Waals surface area contributed by atoms with Gasteiger partial charge in [0.1, 0.15) is 5.82 Å². The fourth-order valence-electron chi connectivity index (χ4n) is 6.35. The van der Waals surface area contributed by atoms with Gasteiger partial charge in [0.25, 0.3) is 0 Å². The van der Waals surface area contributed by atoms with Crippen LogP contribution in [0.1, 0.15) is 57.9 Å². The van der Waals surface area contributed by atoms with Gasteiger partial charge in [-0.15, -0.1) is 12.4 Å². The highest BCUT2D eigenvalue weighted by molar-refractivity contribution is 5.89. The zero-order valence-corrected chi connectivity index (χ0v) is 25.1. The molecule has 1 aromatic heterocycles. The first-order valence-corrected chi connectivity index (χ1v) is 14.2. The topological polar surface area (TPSA) is 143 Å². The minimum Gasteiger partial charge on any atom is -0.338 e. The third kappa shape index (κ3) is 6.58. The van der Waals surface area contributed by atoms with Crippen molar-refractivity contribution in [1.82, 2.24) is 24.3 Å². The summed E-state index contributed by atoms with van der Waals surface area (Å²) >= 11 is 0. The molecule has 3 amide bonds. The van der Waals surface area contributed by atoms with Gasteiger partial charge in [0.05, 0.1) is 11.2 Å². The van der Waals surface area contributed by atoms with Crippen molar-refractivity contribution >= 4 is 30.2 Å². The van der Waals surface area contributed by atoms with E-state index in [0.717, 1.165) is 45.1 Å². The summed E-state index contributed by atoms with van der Waals surface area (Å²) in [4.78, 5) is 47.7. The summed E-state index contributed by atoms with van der Waals surface area (Å²) in [6, 6.07) is 9.22. The molecule has 3 saturated carbocycles. The van der Waals surface area contributed by atoms with Crippen LogP contribution >= 0.6 is 12.4 Å². The zero-order valence-electron chi connectivity index (χ0n) is 24.3. The predicted molar refractivity (Wildman–Crippen MR) is 161 cm³/mol. The van der Waals surface area contributed by atoms with Gasteiger partial charge in [-0.05, 0) is 83.2 Å². The molecule has 41 heavy (non-hydrogen) atoms. The monoisotopic (exact) mass is 586 g/mol. The highest BCUT2D eigenvalue weighted by Gasteiger charge is 2.48. The molecule has 4 aliphatic rings. The van der Waals surface area contributed by atoms with E-state index in [1.54, 1.807) is 35.9 Å². The Hall–Kier alpha value is -2.99. The molecule has 0 atom stereocenters. The summed E-state index contributed by atoms with van der Waals surface area (Å²) < 4.78 is 1.46. The average molecular weight is 587 g/mol. The van der Waals surface area contributed by atoms with Crippen LogP contribution in [0.2, 0.25) is 0 Å². The molecule has 0 unspecified atom stereocenters. The van der Waals surface area contributed by atoms with Gasteiger partial charge in [-0.25, -0.2) is 9.59 Å². The van der Waals surface area contributed by atoms with Gasteiger partial charge in [0, 0.05) is 50.0 Å². The number of urea groups is 1. The third-order valence-corrected chi connectivity index (χ3v) is 9.15. The van der Waals surface area contributed by atoms with Crippen LogP contribution in [0.5, 0.6) is 0 Å². The number of carbonyl (C=O) groups is 2. The van der Waals surface area contributed by atoms with Crippen molar-refractivity contribution in [2.75, 3.05) is 38.5 Å². The summed E-state index contributed by atoms with van der Waals surface area (Å²) in [7, 11) is 2.21. The summed E-state index contributed by atoms with van der Waals surface area (Å²) in [5.74, 6) is 0.0468. The highest BCUT2D eigenvalue weighted by atomic mass is 35.5. The van der Waals surface area contributed by atoms with E-state index in [1.807, 2.05) is 12.1 Å². The van der Waals surface area contributed by atoms with E-state index in [1.165, 1.54) is 10.1 Å². The number of nitrogens with one attached hydrogen (secondary N) is 1. The molecule has 2 heterocycles. The summed E-state index contributed by atoms with van der Waals surface area (Å²) in [5, 5.41) is 2.70. The van der Waals surface area contributed by atoms with Crippen molar-refractivity contribution in [3.05, 3.63) is 52.6 Å². The lowest BCUT2D eigenvalue weighted by Gasteiger charge is -2.55. The molecule has 2 bridgehead atoms. The molecule has 12 heteroatoms. The molecule has 11 nitrogen and oxygen atoms in total. The number of nitrogens with two attached hydrogens (primary N) is 2. The van der Waals surface area contributed by atoms with E-state index in [0.29, 0.717) is 31.9 Å². The molecular formula is C29H43ClN8O3. The standard InChI is InChI=1S/C29H42N8O3.ClH/c1-27(2,30)24(38)35-16-18-36(19-17-35)25(39)32-23-8-15-37(26(40)33-23)22-6-4-21(5-7-22)20-34(3)29-12-9-28(31,10-13-29)11-14-29;/h4-8,15H,9-14,16-20,30-31H2,1-3H3,(H,32,33,39,40);1H. The van der Waals surface area contributed by atoms with Gasteiger partial charge in [-0.2, -0.15) is 4.98 Å². The van der Waals surface area contributed by atoms with Gasteiger partial charge in [0.15, 0.2) is 0 Å². The van der Waals surface area contributed by atoms with Crippen LogP contribution in [-0.4, -0.2) is 86.0 Å². The van der Waals surface area contributed by atoms with E-state index >= 15 is 0 Å². The maximum absolute atomic E-state index is 12.8. The first-order valence-electron chi connectivity index (χ1n) is 14.2. The Morgan fingerprint density at radius 3 is 2.07 bits per heavy atom. The minimum absolute atomic E-state index is 0. The van der Waals surface area contributed by atoms with Gasteiger partial charge in [0.2, 0.25) is 5.91 Å². The van der Waals surface area contributed by atoms with Gasteiger partial charge in [-0.3, -0.25) is 19.6 Å². The number of anilines is 1. The predicted octanol–water partition coefficient (Wildman–Crippen LogP) is 2.30. The van der Waals surface area contributed by atoms with Gasteiger partial charge >= 0.3 is 11.7 Å². The number of rotatable bonds is 6. The fraction of sp³-hybridized carbons (Fsp3) is 0.586. The molecule has 0 spiro atoms. The molecule has 1 aliphatic heterocycles. The van der Waals surface area contributed by atoms with Crippen LogP contribution in [0.3, 0.4) is 0 Å². The molecule has 4 fully saturated rings.